The van der Waals surface area contributed by atoms with Gasteiger partial charge in [0, 0.05) is 0 Å². The summed E-state index contributed by atoms with van der Waals surface area (Å²) < 4.78 is 10.5. The fourth-order valence-electron chi connectivity index (χ4n) is 2.16. The first-order valence-corrected chi connectivity index (χ1v) is 7.85. The molecule has 2 N–H and O–H groups in total. The summed E-state index contributed by atoms with van der Waals surface area (Å²) >= 11 is 0. The summed E-state index contributed by atoms with van der Waals surface area (Å²) in [4.78, 5) is 12.2. The minimum atomic E-state index is -1.36. The van der Waals surface area contributed by atoms with Gasteiger partial charge in [0.1, 0.15) is 28.8 Å². The van der Waals surface area contributed by atoms with E-state index in [0.717, 1.165) is 5.75 Å². The van der Waals surface area contributed by atoms with Crippen molar-refractivity contribution < 1.29 is 19.1 Å². The lowest BCUT2D eigenvalue weighted by Gasteiger charge is -2.20. The van der Waals surface area contributed by atoms with Crippen molar-refractivity contribution in [2.75, 3.05) is 13.2 Å². The van der Waals surface area contributed by atoms with E-state index in [9.17, 15) is 15.2 Å². The van der Waals surface area contributed by atoms with Gasteiger partial charge in [-0.05, 0) is 49.8 Å². The number of nitrogens with one attached hydrogen (secondary N) is 1. The van der Waals surface area contributed by atoms with Crippen molar-refractivity contribution in [1.82, 2.24) is 5.32 Å². The van der Waals surface area contributed by atoms with Gasteiger partial charge in [-0.1, -0.05) is 12.1 Å². The molecule has 0 saturated heterocycles. The number of nitrogens with zero attached hydrogens (tertiary/aromatic N) is 1. The highest BCUT2D eigenvalue weighted by molar-refractivity contribution is 6.01. The Hall–Kier alpha value is -3.04. The summed E-state index contributed by atoms with van der Waals surface area (Å²) in [5.41, 5.74) is -0.717. The molecule has 1 amide bonds. The Labute approximate surface area is 146 Å². The molecule has 0 saturated carbocycles. The van der Waals surface area contributed by atoms with Crippen molar-refractivity contribution in [2.45, 2.75) is 19.4 Å². The van der Waals surface area contributed by atoms with Gasteiger partial charge in [-0.3, -0.25) is 4.79 Å². The zero-order valence-corrected chi connectivity index (χ0v) is 14.2. The number of aliphatic hydroxyl groups is 1. The average Bonchev–Trinajstić information content (AvgIpc) is 3.15. The molecule has 0 spiro atoms. The van der Waals surface area contributed by atoms with Crippen LogP contribution in [0.15, 0.2) is 52.7 Å². The van der Waals surface area contributed by atoms with Crippen LogP contribution in [0.5, 0.6) is 5.75 Å². The first-order chi connectivity index (χ1) is 12.0. The Kier molecular flexibility index (Phi) is 5.98. The van der Waals surface area contributed by atoms with Crippen LogP contribution in [0.1, 0.15) is 25.2 Å². The third-order valence-corrected chi connectivity index (χ3v) is 3.51. The number of carbonyl (C=O) groups is 1. The molecule has 0 fully saturated rings. The molecule has 1 aromatic heterocycles. The predicted octanol–water partition coefficient (Wildman–Crippen LogP) is 2.61. The minimum Gasteiger partial charge on any atom is -0.494 e. The summed E-state index contributed by atoms with van der Waals surface area (Å²) in [5, 5.41) is 22.1. The third-order valence-electron chi connectivity index (χ3n) is 3.51. The molecule has 1 heterocycles. The highest BCUT2D eigenvalue weighted by Crippen LogP contribution is 2.20. The number of ether oxygens (including phenoxy) is 1. The molecule has 0 aliphatic carbocycles. The summed E-state index contributed by atoms with van der Waals surface area (Å²) in [5.74, 6) is 0.488. The lowest BCUT2D eigenvalue weighted by molar-refractivity contribution is -0.118. The van der Waals surface area contributed by atoms with Gasteiger partial charge in [-0.2, -0.15) is 5.26 Å². The molecule has 130 valence electrons. The number of furan rings is 1. The van der Waals surface area contributed by atoms with Gasteiger partial charge in [0.25, 0.3) is 5.91 Å². The molecule has 2 aromatic rings. The molecule has 6 heteroatoms. The fourth-order valence-corrected chi connectivity index (χ4v) is 2.16. The molecule has 1 unspecified atom stereocenters. The van der Waals surface area contributed by atoms with Crippen molar-refractivity contribution in [3.05, 3.63) is 59.6 Å². The fraction of sp³-hybridized carbons (Fsp3) is 0.263. The molecule has 0 aliphatic heterocycles. The van der Waals surface area contributed by atoms with Gasteiger partial charge in [0.05, 0.1) is 19.4 Å². The standard InChI is InChI=1S/C19H20N2O4/c1-3-24-16-8-6-14(7-9-16)11-15(12-20)18(22)21-13-19(2,23)17-5-4-10-25-17/h4-11,23H,3,13H2,1-2H3,(H,21,22). The molecule has 0 aliphatic rings. The van der Waals surface area contributed by atoms with Crippen molar-refractivity contribution >= 4 is 12.0 Å². The van der Waals surface area contributed by atoms with Crippen LogP contribution in [0.4, 0.5) is 0 Å². The van der Waals surface area contributed by atoms with Crippen LogP contribution < -0.4 is 10.1 Å². The zero-order valence-electron chi connectivity index (χ0n) is 14.2. The van der Waals surface area contributed by atoms with Crippen LogP contribution in [0.3, 0.4) is 0 Å². The number of carbonyl (C=O) groups excluding carboxylic acids is 1. The maximum atomic E-state index is 12.2. The molecule has 2 rings (SSSR count). The highest BCUT2D eigenvalue weighted by atomic mass is 16.5. The minimum absolute atomic E-state index is 0.0561. The van der Waals surface area contributed by atoms with Crippen molar-refractivity contribution in [2.24, 2.45) is 0 Å². The van der Waals surface area contributed by atoms with E-state index in [1.807, 2.05) is 13.0 Å². The lowest BCUT2D eigenvalue weighted by Crippen LogP contribution is -2.38. The molecule has 0 radical (unpaired) electrons. The van der Waals surface area contributed by atoms with E-state index in [0.29, 0.717) is 17.9 Å². The summed E-state index contributed by atoms with van der Waals surface area (Å²) in [7, 11) is 0. The molecule has 25 heavy (non-hydrogen) atoms. The van der Waals surface area contributed by atoms with E-state index in [2.05, 4.69) is 5.32 Å². The second-order valence-corrected chi connectivity index (χ2v) is 5.61. The lowest BCUT2D eigenvalue weighted by atomic mass is 10.0. The topological polar surface area (TPSA) is 95.5 Å². The largest absolute Gasteiger partial charge is 0.494 e. The van der Waals surface area contributed by atoms with E-state index >= 15 is 0 Å². The third kappa shape index (κ3) is 4.96. The number of rotatable bonds is 7. The normalized spacial score (nSPS) is 13.6. The van der Waals surface area contributed by atoms with Crippen LogP contribution in [0.25, 0.3) is 6.08 Å². The van der Waals surface area contributed by atoms with Crippen LogP contribution in [-0.4, -0.2) is 24.2 Å². The van der Waals surface area contributed by atoms with Gasteiger partial charge in [-0.25, -0.2) is 0 Å². The quantitative estimate of drug-likeness (QED) is 0.597. The highest BCUT2D eigenvalue weighted by Gasteiger charge is 2.27. The van der Waals surface area contributed by atoms with Gasteiger partial charge < -0.3 is 19.6 Å². The van der Waals surface area contributed by atoms with E-state index in [4.69, 9.17) is 9.15 Å². The smallest absolute Gasteiger partial charge is 0.262 e. The zero-order chi connectivity index (χ0) is 18.3. The van der Waals surface area contributed by atoms with Gasteiger partial charge in [0.2, 0.25) is 0 Å². The van der Waals surface area contributed by atoms with E-state index in [1.165, 1.54) is 19.3 Å². The monoisotopic (exact) mass is 340 g/mol. The maximum absolute atomic E-state index is 12.2. The van der Waals surface area contributed by atoms with Crippen LogP contribution in [-0.2, 0) is 10.4 Å². The summed E-state index contributed by atoms with van der Waals surface area (Å²) in [6.07, 6.45) is 2.92. The van der Waals surface area contributed by atoms with E-state index < -0.39 is 11.5 Å². The number of hydrogen-bond acceptors (Lipinski definition) is 5. The Bertz CT molecular complexity index is 769. The Balaban J connectivity index is 2.04. The summed E-state index contributed by atoms with van der Waals surface area (Å²) in [6.45, 7) is 3.90. The van der Waals surface area contributed by atoms with Crippen LogP contribution in [0, 0.1) is 11.3 Å². The molecular weight excluding hydrogens is 320 g/mol. The SMILES string of the molecule is CCOc1ccc(C=C(C#N)C(=O)NCC(C)(O)c2ccco2)cc1. The number of nitriles is 1. The molecule has 1 aromatic carbocycles. The van der Waals surface area contributed by atoms with Gasteiger partial charge in [0.15, 0.2) is 0 Å². The second kappa shape index (κ2) is 8.18. The van der Waals surface area contributed by atoms with Crippen molar-refractivity contribution in [1.29, 1.82) is 5.26 Å². The van der Waals surface area contributed by atoms with E-state index in [1.54, 1.807) is 36.4 Å². The van der Waals surface area contributed by atoms with Crippen molar-refractivity contribution in [3.8, 4) is 11.8 Å². The van der Waals surface area contributed by atoms with Crippen molar-refractivity contribution in [3.63, 3.8) is 0 Å². The van der Waals surface area contributed by atoms with Crippen LogP contribution >= 0.6 is 0 Å². The first-order valence-electron chi connectivity index (χ1n) is 7.85. The van der Waals surface area contributed by atoms with E-state index in [-0.39, 0.29) is 12.1 Å². The maximum Gasteiger partial charge on any atom is 0.262 e. The van der Waals surface area contributed by atoms with Crippen LogP contribution in [0.2, 0.25) is 0 Å². The predicted molar refractivity (Wildman–Crippen MR) is 92.5 cm³/mol. The average molecular weight is 340 g/mol. The Morgan fingerprint density at radius 1 is 1.40 bits per heavy atom. The van der Waals surface area contributed by atoms with Gasteiger partial charge in [-0.15, -0.1) is 0 Å². The Morgan fingerprint density at radius 2 is 2.12 bits per heavy atom. The molecular formula is C19H20N2O4. The first kappa shape index (κ1) is 18.3. The number of hydrogen-bond donors (Lipinski definition) is 2. The summed E-state index contributed by atoms with van der Waals surface area (Å²) in [6, 6.07) is 12.2. The second-order valence-electron chi connectivity index (χ2n) is 5.61. The molecule has 1 atom stereocenters. The van der Waals surface area contributed by atoms with Gasteiger partial charge >= 0.3 is 0 Å². The number of amides is 1. The molecule has 0 bridgehead atoms. The Morgan fingerprint density at radius 3 is 2.68 bits per heavy atom. The number of benzene rings is 1. The molecule has 6 nitrogen and oxygen atoms in total.